The molecule has 20 heavy (non-hydrogen) atoms. The first kappa shape index (κ1) is 16.3. The lowest BCUT2D eigenvalue weighted by molar-refractivity contribution is -0.137. The van der Waals surface area contributed by atoms with Crippen molar-refractivity contribution in [3.8, 4) is 0 Å². The number of nitrogens with one attached hydrogen (secondary N) is 1. The zero-order valence-electron chi connectivity index (χ0n) is 10.1. The molecule has 0 spiro atoms. The Morgan fingerprint density at radius 3 is 2.50 bits per heavy atom. The van der Waals surface area contributed by atoms with Gasteiger partial charge in [-0.15, -0.1) is 0 Å². The molecule has 1 rings (SSSR count). The zero-order valence-corrected chi connectivity index (χ0v) is 12.4. The van der Waals surface area contributed by atoms with Crippen LogP contribution >= 0.6 is 27.5 Å². The third-order valence-corrected chi connectivity index (χ3v) is 3.02. The number of hydrogen-bond donors (Lipinski definition) is 3. The minimum atomic E-state index is -1.25. The number of carboxylic acid groups (broad SMARTS) is 1. The Hall–Kier alpha value is -1.80. The largest absolute Gasteiger partial charge is 0.480 e. The third kappa shape index (κ3) is 5.06. The summed E-state index contributed by atoms with van der Waals surface area (Å²) in [5.74, 6) is -2.06. The molecule has 3 amide bonds. The molecule has 1 aromatic rings. The van der Waals surface area contributed by atoms with Crippen LogP contribution in [0, 0.1) is 0 Å². The molecule has 4 N–H and O–H groups in total. The second-order valence-electron chi connectivity index (χ2n) is 3.77. The number of nitrogens with two attached hydrogens (primary N) is 1. The van der Waals surface area contributed by atoms with E-state index >= 15 is 0 Å². The Bertz CT molecular complexity index is 536. The number of carbonyl (C=O) groups is 3. The molecular weight excluding hydrogens is 353 g/mol. The zero-order chi connectivity index (χ0) is 15.3. The van der Waals surface area contributed by atoms with Gasteiger partial charge in [0.05, 0.1) is 5.69 Å². The van der Waals surface area contributed by atoms with Gasteiger partial charge in [-0.25, -0.2) is 4.79 Å². The van der Waals surface area contributed by atoms with Gasteiger partial charge in [-0.05, 0) is 34.1 Å². The van der Waals surface area contributed by atoms with Crippen molar-refractivity contribution in [1.29, 1.82) is 0 Å². The molecule has 0 fully saturated rings. The average molecular weight is 365 g/mol. The van der Waals surface area contributed by atoms with Crippen LogP contribution in [0.4, 0.5) is 10.5 Å². The minimum Gasteiger partial charge on any atom is -0.480 e. The van der Waals surface area contributed by atoms with Crippen molar-refractivity contribution in [3.63, 3.8) is 0 Å². The topological polar surface area (TPSA) is 113 Å². The summed E-state index contributed by atoms with van der Waals surface area (Å²) in [6, 6.07) is 3.90. The van der Waals surface area contributed by atoms with Crippen LogP contribution in [-0.4, -0.2) is 41.0 Å². The van der Waals surface area contributed by atoms with E-state index in [1.807, 2.05) is 0 Å². The van der Waals surface area contributed by atoms with Crippen molar-refractivity contribution >= 4 is 51.1 Å². The number of primary amides is 1. The molecule has 7 nitrogen and oxygen atoms in total. The number of urea groups is 1. The highest BCUT2D eigenvalue weighted by Gasteiger charge is 2.19. The van der Waals surface area contributed by atoms with Gasteiger partial charge in [0, 0.05) is 9.50 Å². The van der Waals surface area contributed by atoms with Crippen molar-refractivity contribution in [2.75, 3.05) is 18.4 Å². The third-order valence-electron chi connectivity index (χ3n) is 2.13. The van der Waals surface area contributed by atoms with Crippen LogP contribution in [0.5, 0.6) is 0 Å². The van der Waals surface area contributed by atoms with Gasteiger partial charge in [0.25, 0.3) is 0 Å². The number of carboxylic acids is 1. The molecular formula is C11H11BrClN3O4. The van der Waals surface area contributed by atoms with Crippen molar-refractivity contribution < 1.29 is 19.5 Å². The highest BCUT2D eigenvalue weighted by atomic mass is 79.9. The monoisotopic (exact) mass is 363 g/mol. The van der Waals surface area contributed by atoms with E-state index in [9.17, 15) is 14.4 Å². The van der Waals surface area contributed by atoms with Crippen molar-refractivity contribution in [2.24, 2.45) is 5.73 Å². The number of benzene rings is 1. The van der Waals surface area contributed by atoms with E-state index in [0.717, 1.165) is 4.90 Å². The number of anilines is 1. The Balaban J connectivity index is 2.84. The first-order valence-electron chi connectivity index (χ1n) is 5.30. The summed E-state index contributed by atoms with van der Waals surface area (Å²) in [6.45, 7) is -1.14. The lowest BCUT2D eigenvalue weighted by Gasteiger charge is -2.20. The normalized spacial score (nSPS) is 9.90. The Morgan fingerprint density at radius 1 is 1.35 bits per heavy atom. The van der Waals surface area contributed by atoms with Crippen molar-refractivity contribution in [3.05, 3.63) is 27.7 Å². The molecule has 0 atom stereocenters. The highest BCUT2D eigenvalue weighted by molar-refractivity contribution is 9.10. The lowest BCUT2D eigenvalue weighted by Crippen LogP contribution is -2.43. The molecule has 0 unspecified atom stereocenters. The summed E-state index contributed by atoms with van der Waals surface area (Å²) in [5, 5.41) is 11.6. The van der Waals surface area contributed by atoms with Crippen LogP contribution in [0.3, 0.4) is 0 Å². The summed E-state index contributed by atoms with van der Waals surface area (Å²) < 4.78 is 0.521. The molecule has 0 saturated carbocycles. The van der Waals surface area contributed by atoms with Gasteiger partial charge >= 0.3 is 12.0 Å². The van der Waals surface area contributed by atoms with Gasteiger partial charge in [-0.2, -0.15) is 0 Å². The summed E-state index contributed by atoms with van der Waals surface area (Å²) in [7, 11) is 0. The number of nitrogens with zero attached hydrogens (tertiary/aromatic N) is 1. The number of aliphatic carboxylic acids is 1. The first-order chi connectivity index (χ1) is 9.29. The van der Waals surface area contributed by atoms with Crippen LogP contribution in [0.25, 0.3) is 0 Å². The minimum absolute atomic E-state index is 0.388. The predicted octanol–water partition coefficient (Wildman–Crippen LogP) is 1.51. The smallest absolute Gasteiger partial charge is 0.323 e. The second-order valence-corrected chi connectivity index (χ2v) is 5.06. The van der Waals surface area contributed by atoms with Crippen LogP contribution in [0.2, 0.25) is 5.02 Å². The SMILES string of the molecule is NC(=O)CN(CC(=O)O)C(=O)Nc1ccc(Cl)cc1Br. The van der Waals surface area contributed by atoms with Gasteiger partial charge in [-0.1, -0.05) is 11.6 Å². The van der Waals surface area contributed by atoms with Gasteiger partial charge in [0.15, 0.2) is 0 Å². The molecule has 0 saturated heterocycles. The maximum atomic E-state index is 11.9. The molecule has 1 aromatic carbocycles. The molecule has 108 valence electrons. The summed E-state index contributed by atoms with van der Waals surface area (Å²) in [4.78, 5) is 34.2. The number of hydrogen-bond acceptors (Lipinski definition) is 3. The average Bonchev–Trinajstić information content (AvgIpc) is 2.30. The van der Waals surface area contributed by atoms with E-state index < -0.39 is 31.0 Å². The molecule has 0 aliphatic heterocycles. The Kier molecular flexibility index (Phi) is 5.78. The lowest BCUT2D eigenvalue weighted by atomic mass is 10.3. The van der Waals surface area contributed by atoms with Crippen LogP contribution in [0.1, 0.15) is 0 Å². The fourth-order valence-electron chi connectivity index (χ4n) is 1.34. The van der Waals surface area contributed by atoms with E-state index in [1.165, 1.54) is 6.07 Å². The maximum absolute atomic E-state index is 11.9. The maximum Gasteiger partial charge on any atom is 0.323 e. The molecule has 0 aromatic heterocycles. The van der Waals surface area contributed by atoms with Crippen molar-refractivity contribution in [1.82, 2.24) is 4.90 Å². The van der Waals surface area contributed by atoms with Crippen LogP contribution in [0.15, 0.2) is 22.7 Å². The van der Waals surface area contributed by atoms with E-state index in [4.69, 9.17) is 22.4 Å². The first-order valence-corrected chi connectivity index (χ1v) is 6.47. The number of amides is 3. The van der Waals surface area contributed by atoms with Crippen LogP contribution in [-0.2, 0) is 9.59 Å². The van der Waals surface area contributed by atoms with Gasteiger partial charge in [0.1, 0.15) is 13.1 Å². The van der Waals surface area contributed by atoms with Gasteiger partial charge in [0.2, 0.25) is 5.91 Å². The Labute approximate surface area is 127 Å². The van der Waals surface area contributed by atoms with Gasteiger partial charge in [-0.3, -0.25) is 9.59 Å². The Morgan fingerprint density at radius 2 is 2.00 bits per heavy atom. The molecule has 9 heteroatoms. The highest BCUT2D eigenvalue weighted by Crippen LogP contribution is 2.26. The molecule has 0 heterocycles. The number of rotatable bonds is 5. The molecule has 0 bridgehead atoms. The van der Waals surface area contributed by atoms with Gasteiger partial charge < -0.3 is 21.1 Å². The number of carbonyl (C=O) groups excluding carboxylic acids is 2. The molecule has 0 aliphatic rings. The van der Waals surface area contributed by atoms with Crippen LogP contribution < -0.4 is 11.1 Å². The fraction of sp³-hybridized carbons (Fsp3) is 0.182. The summed E-state index contributed by atoms with van der Waals surface area (Å²) in [5.41, 5.74) is 5.36. The number of halogens is 2. The standard InChI is InChI=1S/C11H11BrClN3O4/c12-7-3-6(13)1-2-8(7)15-11(20)16(4-9(14)17)5-10(18)19/h1-3H,4-5H2,(H2,14,17)(H,15,20)(H,18,19). The second kappa shape index (κ2) is 7.11. The van der Waals surface area contributed by atoms with E-state index in [1.54, 1.807) is 12.1 Å². The quantitative estimate of drug-likeness (QED) is 0.735. The molecule has 0 aliphatic carbocycles. The summed E-state index contributed by atoms with van der Waals surface area (Å²) in [6.07, 6.45) is 0. The van der Waals surface area contributed by atoms with E-state index in [0.29, 0.717) is 15.2 Å². The fourth-order valence-corrected chi connectivity index (χ4v) is 2.12. The molecule has 0 radical (unpaired) electrons. The van der Waals surface area contributed by atoms with E-state index in [-0.39, 0.29) is 0 Å². The summed E-state index contributed by atoms with van der Waals surface area (Å²) >= 11 is 8.96. The van der Waals surface area contributed by atoms with E-state index in [2.05, 4.69) is 21.2 Å². The predicted molar refractivity (Wildman–Crippen MR) is 76.6 cm³/mol. The van der Waals surface area contributed by atoms with Crippen molar-refractivity contribution in [2.45, 2.75) is 0 Å².